The molecule has 0 saturated carbocycles. The molecule has 1 rings (SSSR count). The first kappa shape index (κ1) is 27.2. The summed E-state index contributed by atoms with van der Waals surface area (Å²) < 4.78 is 10.5. The van der Waals surface area contributed by atoms with Gasteiger partial charge in [-0.25, -0.2) is 9.59 Å². The van der Waals surface area contributed by atoms with Crippen LogP contribution in [0.1, 0.15) is 52.5 Å². The van der Waals surface area contributed by atoms with E-state index in [0.29, 0.717) is 45.4 Å². The summed E-state index contributed by atoms with van der Waals surface area (Å²) >= 11 is 0. The molecule has 32 heavy (non-hydrogen) atoms. The van der Waals surface area contributed by atoms with Crippen molar-refractivity contribution in [1.29, 1.82) is 0 Å². The van der Waals surface area contributed by atoms with Gasteiger partial charge in [0.05, 0.1) is 6.04 Å². The summed E-state index contributed by atoms with van der Waals surface area (Å²) in [4.78, 5) is 37.5. The topological polar surface area (TPSA) is 123 Å². The predicted molar refractivity (Wildman–Crippen MR) is 123 cm³/mol. The normalized spacial score (nSPS) is 11.9. The van der Waals surface area contributed by atoms with Crippen molar-refractivity contribution in [3.05, 3.63) is 35.9 Å². The molecular weight excluding hydrogens is 412 g/mol. The van der Waals surface area contributed by atoms with E-state index in [9.17, 15) is 14.4 Å². The second-order valence-electron chi connectivity index (χ2n) is 8.44. The van der Waals surface area contributed by atoms with Crippen molar-refractivity contribution in [2.24, 2.45) is 5.73 Å². The number of nitrogens with two attached hydrogens (primary N) is 1. The molecule has 180 valence electrons. The van der Waals surface area contributed by atoms with E-state index in [-0.39, 0.29) is 12.5 Å². The molecule has 1 aromatic rings. The van der Waals surface area contributed by atoms with Gasteiger partial charge in [0, 0.05) is 26.2 Å². The highest BCUT2D eigenvalue weighted by atomic mass is 16.6. The molecule has 0 radical (unpaired) electrons. The van der Waals surface area contributed by atoms with Crippen LogP contribution < -0.4 is 16.4 Å². The first-order chi connectivity index (χ1) is 15.1. The zero-order chi connectivity index (χ0) is 24.0. The Bertz CT molecular complexity index is 706. The van der Waals surface area contributed by atoms with Crippen molar-refractivity contribution in [2.45, 2.75) is 65.2 Å². The van der Waals surface area contributed by atoms with Crippen LogP contribution in [-0.4, -0.2) is 60.8 Å². The average Bonchev–Trinajstić information content (AvgIpc) is 2.74. The molecule has 9 nitrogen and oxygen atoms in total. The van der Waals surface area contributed by atoms with Crippen LogP contribution in [0, 0.1) is 0 Å². The van der Waals surface area contributed by atoms with Gasteiger partial charge in [0.1, 0.15) is 12.2 Å². The summed E-state index contributed by atoms with van der Waals surface area (Å²) in [7, 11) is 0. The van der Waals surface area contributed by atoms with Crippen molar-refractivity contribution >= 4 is 18.1 Å². The summed E-state index contributed by atoms with van der Waals surface area (Å²) in [6.07, 6.45) is 1.00. The number of benzene rings is 1. The minimum absolute atomic E-state index is 0.205. The van der Waals surface area contributed by atoms with E-state index < -0.39 is 23.8 Å². The summed E-state index contributed by atoms with van der Waals surface area (Å²) in [5.41, 5.74) is 6.32. The molecule has 1 atom stereocenters. The highest BCUT2D eigenvalue weighted by Gasteiger charge is 2.17. The molecule has 1 unspecified atom stereocenters. The number of rotatable bonds is 12. The Morgan fingerprint density at radius 1 is 1.06 bits per heavy atom. The van der Waals surface area contributed by atoms with E-state index in [1.807, 2.05) is 37.3 Å². The molecule has 9 heteroatoms. The molecular formula is C23H38N4O5. The number of likely N-dealkylation sites (N-methyl/N-ethyl adjacent to an activating group) is 1. The van der Waals surface area contributed by atoms with Gasteiger partial charge in [0.25, 0.3) is 0 Å². The van der Waals surface area contributed by atoms with Gasteiger partial charge in [-0.15, -0.1) is 0 Å². The van der Waals surface area contributed by atoms with Crippen LogP contribution in [0.25, 0.3) is 0 Å². The Morgan fingerprint density at radius 3 is 2.38 bits per heavy atom. The minimum atomic E-state index is -0.642. The monoisotopic (exact) mass is 450 g/mol. The largest absolute Gasteiger partial charge is 0.445 e. The van der Waals surface area contributed by atoms with Gasteiger partial charge >= 0.3 is 12.2 Å². The molecule has 0 spiro atoms. The maximum absolute atomic E-state index is 12.2. The number of nitrogens with zero attached hydrogens (tertiary/aromatic N) is 1. The van der Waals surface area contributed by atoms with Gasteiger partial charge < -0.3 is 30.7 Å². The van der Waals surface area contributed by atoms with Gasteiger partial charge in [0.2, 0.25) is 5.91 Å². The second-order valence-corrected chi connectivity index (χ2v) is 8.44. The number of carbonyl (C=O) groups is 3. The number of nitrogens with one attached hydrogen (secondary N) is 2. The number of alkyl carbamates (subject to hydrolysis) is 1. The summed E-state index contributed by atoms with van der Waals surface area (Å²) in [6, 6.07) is 8.81. The molecule has 4 N–H and O–H groups in total. The van der Waals surface area contributed by atoms with E-state index >= 15 is 0 Å². The van der Waals surface area contributed by atoms with Crippen LogP contribution in [0.3, 0.4) is 0 Å². The molecule has 0 aliphatic heterocycles. The van der Waals surface area contributed by atoms with Crippen LogP contribution in [0.5, 0.6) is 0 Å². The molecule has 0 bridgehead atoms. The van der Waals surface area contributed by atoms with Gasteiger partial charge in [-0.2, -0.15) is 0 Å². The first-order valence-electron chi connectivity index (χ1n) is 11.1. The quantitative estimate of drug-likeness (QED) is 0.421. The Balaban J connectivity index is 2.19. The molecule has 0 heterocycles. The highest BCUT2D eigenvalue weighted by molar-refractivity contribution is 5.81. The van der Waals surface area contributed by atoms with E-state index in [1.54, 1.807) is 20.8 Å². The van der Waals surface area contributed by atoms with Gasteiger partial charge in [-0.05, 0) is 52.5 Å². The number of amides is 3. The van der Waals surface area contributed by atoms with Crippen LogP contribution in [-0.2, 0) is 20.9 Å². The number of hydrogen-bond donors (Lipinski definition) is 3. The highest BCUT2D eigenvalue weighted by Crippen LogP contribution is 2.07. The third kappa shape index (κ3) is 12.1. The number of carbonyl (C=O) groups excluding carboxylic acids is 3. The molecule has 1 aromatic carbocycles. The minimum Gasteiger partial charge on any atom is -0.445 e. The third-order valence-corrected chi connectivity index (χ3v) is 4.47. The Morgan fingerprint density at radius 2 is 1.75 bits per heavy atom. The predicted octanol–water partition coefficient (Wildman–Crippen LogP) is 2.78. The number of unbranched alkanes of at least 4 members (excludes halogenated alkanes) is 1. The fourth-order valence-electron chi connectivity index (χ4n) is 2.76. The molecule has 3 amide bonds. The summed E-state index contributed by atoms with van der Waals surface area (Å²) in [5.74, 6) is -0.265. The lowest BCUT2D eigenvalue weighted by atomic mass is 10.1. The Hall–Kier alpha value is -2.81. The van der Waals surface area contributed by atoms with Crippen LogP contribution in [0.15, 0.2) is 30.3 Å². The van der Waals surface area contributed by atoms with Crippen LogP contribution >= 0.6 is 0 Å². The van der Waals surface area contributed by atoms with Gasteiger partial charge in [-0.3, -0.25) is 4.79 Å². The summed E-state index contributed by atoms with van der Waals surface area (Å²) in [6.45, 7) is 9.02. The second kappa shape index (κ2) is 14.3. The van der Waals surface area contributed by atoms with Crippen molar-refractivity contribution in [1.82, 2.24) is 15.5 Å². The van der Waals surface area contributed by atoms with Crippen molar-refractivity contribution in [3.63, 3.8) is 0 Å². The Labute approximate surface area is 191 Å². The zero-order valence-corrected chi connectivity index (χ0v) is 19.7. The van der Waals surface area contributed by atoms with Crippen molar-refractivity contribution < 1.29 is 23.9 Å². The third-order valence-electron chi connectivity index (χ3n) is 4.47. The standard InChI is InChI=1S/C23H38N4O5/c1-5-27(22(30)31-17-18-11-7-6-8-12-18)16-15-25-20(28)19(24)13-9-10-14-26-21(29)32-23(2,3)4/h6-8,11-12,19H,5,9-10,13-17,24H2,1-4H3,(H,25,28)(H,26,29). The maximum atomic E-state index is 12.2. The van der Waals surface area contributed by atoms with E-state index in [0.717, 1.165) is 5.56 Å². The number of hydrogen-bond acceptors (Lipinski definition) is 6. The lowest BCUT2D eigenvalue weighted by Crippen LogP contribution is -2.44. The average molecular weight is 451 g/mol. The van der Waals surface area contributed by atoms with Gasteiger partial charge in [0.15, 0.2) is 0 Å². The van der Waals surface area contributed by atoms with Crippen molar-refractivity contribution in [2.75, 3.05) is 26.2 Å². The molecule has 0 fully saturated rings. The zero-order valence-electron chi connectivity index (χ0n) is 19.7. The fraction of sp³-hybridized carbons (Fsp3) is 0.609. The molecule has 0 aliphatic rings. The fourth-order valence-corrected chi connectivity index (χ4v) is 2.76. The van der Waals surface area contributed by atoms with E-state index in [4.69, 9.17) is 15.2 Å². The van der Waals surface area contributed by atoms with Crippen molar-refractivity contribution in [3.8, 4) is 0 Å². The lowest BCUT2D eigenvalue weighted by Gasteiger charge is -2.21. The van der Waals surface area contributed by atoms with E-state index in [2.05, 4.69) is 10.6 Å². The molecule has 0 aromatic heterocycles. The summed E-state index contributed by atoms with van der Waals surface area (Å²) in [5, 5.41) is 5.43. The molecule has 0 aliphatic carbocycles. The van der Waals surface area contributed by atoms with Crippen LogP contribution in [0.2, 0.25) is 0 Å². The first-order valence-corrected chi connectivity index (χ1v) is 11.1. The van der Waals surface area contributed by atoms with Gasteiger partial charge in [-0.1, -0.05) is 30.3 Å². The smallest absolute Gasteiger partial charge is 0.410 e. The van der Waals surface area contributed by atoms with Crippen LogP contribution in [0.4, 0.5) is 9.59 Å². The van der Waals surface area contributed by atoms with E-state index in [1.165, 1.54) is 4.90 Å². The lowest BCUT2D eigenvalue weighted by molar-refractivity contribution is -0.122. The maximum Gasteiger partial charge on any atom is 0.410 e. The molecule has 0 saturated heterocycles. The SMILES string of the molecule is CCN(CCNC(=O)C(N)CCCCNC(=O)OC(C)(C)C)C(=O)OCc1ccccc1. The Kier molecular flexibility index (Phi) is 12.2. The number of ether oxygens (including phenoxy) is 2.